The van der Waals surface area contributed by atoms with Crippen LogP contribution in [0, 0.1) is 0 Å². The summed E-state index contributed by atoms with van der Waals surface area (Å²) in [5.41, 5.74) is 1.64. The number of aliphatic hydroxyl groups is 3. The Balaban J connectivity index is 1.63. The van der Waals surface area contributed by atoms with Gasteiger partial charge in [0.15, 0.2) is 23.2 Å². The predicted molar refractivity (Wildman–Crippen MR) is 126 cm³/mol. The van der Waals surface area contributed by atoms with E-state index < -0.39 is 42.3 Å². The molecule has 3 aliphatic heterocycles. The largest absolute Gasteiger partial charge is 0.394 e. The topological polar surface area (TPSA) is 122 Å². The number of benzene rings is 1. The van der Waals surface area contributed by atoms with E-state index in [1.807, 2.05) is 30.3 Å². The van der Waals surface area contributed by atoms with Crippen LogP contribution in [0.25, 0.3) is 0 Å². The molecule has 1 saturated heterocycles. The van der Waals surface area contributed by atoms with E-state index in [1.165, 1.54) is 6.34 Å². The first-order chi connectivity index (χ1) is 15.5. The fraction of sp³-hybridized carbons (Fsp3) is 0.591. The van der Waals surface area contributed by atoms with Crippen molar-refractivity contribution in [3.8, 4) is 0 Å². The minimum Gasteiger partial charge on any atom is -0.394 e. The molecule has 1 aromatic rings. The molecule has 0 bridgehead atoms. The molecule has 3 aliphatic rings. The van der Waals surface area contributed by atoms with Gasteiger partial charge in [-0.25, -0.2) is 15.0 Å². The first-order valence-electron chi connectivity index (χ1n) is 11.1. The molecule has 2 unspecified atom stereocenters. The van der Waals surface area contributed by atoms with Crippen LogP contribution in [0.3, 0.4) is 0 Å². The first-order valence-corrected chi connectivity index (χ1v) is 11.5. The Labute approximate surface area is 193 Å². The van der Waals surface area contributed by atoms with Gasteiger partial charge in [-0.2, -0.15) is 0 Å². The Kier molecular flexibility index (Phi) is 7.28. The maximum absolute atomic E-state index is 10.7. The van der Waals surface area contributed by atoms with Gasteiger partial charge in [-0.1, -0.05) is 50.1 Å². The van der Waals surface area contributed by atoms with E-state index in [1.54, 1.807) is 4.90 Å². The Hall–Kier alpha value is -1.82. The van der Waals surface area contributed by atoms with Gasteiger partial charge in [0.25, 0.3) is 0 Å². The third-order valence-electron chi connectivity index (χ3n) is 5.99. The standard InChI is InChI=1S/C22H31N5O4S/c1-2-3-7-10-23-21-26-18-19(27(21)20-17(30)16(29)15(12-28)31-20)24-13-25-22(18,32)11-14-8-5-4-6-9-14/h4-6,8-9,13,15-17,20-21,23,28-30,32H,2-3,7,10-12H2,1H3/t15-,16-,17-,20-,21?,22?/m1/s1. The summed E-state index contributed by atoms with van der Waals surface area (Å²) in [5.74, 6) is 0.494. The normalized spacial score (nSPS) is 33.9. The minimum absolute atomic E-state index is 0.399. The van der Waals surface area contributed by atoms with E-state index in [4.69, 9.17) is 22.4 Å². The van der Waals surface area contributed by atoms with Gasteiger partial charge in [0.2, 0.25) is 0 Å². The number of rotatable bonds is 9. The highest BCUT2D eigenvalue weighted by Crippen LogP contribution is 2.35. The van der Waals surface area contributed by atoms with Gasteiger partial charge >= 0.3 is 0 Å². The number of aliphatic imine (C=N–C) groups is 3. The van der Waals surface area contributed by atoms with Gasteiger partial charge < -0.3 is 20.1 Å². The number of thiol groups is 1. The van der Waals surface area contributed by atoms with Crippen LogP contribution in [-0.4, -0.2) is 87.0 Å². The Morgan fingerprint density at radius 3 is 2.66 bits per heavy atom. The number of fused-ring (bicyclic) bond motifs is 1. The van der Waals surface area contributed by atoms with E-state index in [2.05, 4.69) is 22.2 Å². The van der Waals surface area contributed by atoms with Crippen LogP contribution in [0.4, 0.5) is 0 Å². The number of aliphatic hydroxyl groups excluding tert-OH is 3. The third kappa shape index (κ3) is 4.48. The molecule has 1 aromatic carbocycles. The Bertz CT molecular complexity index is 882. The Morgan fingerprint density at radius 1 is 1.19 bits per heavy atom. The molecule has 4 rings (SSSR count). The molecule has 32 heavy (non-hydrogen) atoms. The zero-order valence-electron chi connectivity index (χ0n) is 18.1. The molecule has 6 atom stereocenters. The molecule has 0 aliphatic carbocycles. The molecule has 10 heteroatoms. The summed E-state index contributed by atoms with van der Waals surface area (Å²) in [6.45, 7) is 2.46. The van der Waals surface area contributed by atoms with Gasteiger partial charge in [0.05, 0.1) is 6.61 Å². The van der Waals surface area contributed by atoms with Crippen molar-refractivity contribution < 1.29 is 20.1 Å². The summed E-state index contributed by atoms with van der Waals surface area (Å²) in [5, 5.41) is 33.9. The number of nitrogens with zero attached hydrogens (tertiary/aromatic N) is 4. The smallest absolute Gasteiger partial charge is 0.180 e. The van der Waals surface area contributed by atoms with Gasteiger partial charge in [0, 0.05) is 6.42 Å². The number of ether oxygens (including phenoxy) is 1. The summed E-state index contributed by atoms with van der Waals surface area (Å²) >= 11 is 4.90. The SMILES string of the molecule is CCCCCNC1N=C2C(=NC=NC2(S)Cc2ccccc2)N1[C@@H]1O[C@H](CO)[C@@H](O)[C@H]1O. The van der Waals surface area contributed by atoms with Crippen molar-refractivity contribution in [2.24, 2.45) is 15.0 Å². The summed E-state index contributed by atoms with van der Waals surface area (Å²) in [7, 11) is 0. The van der Waals surface area contributed by atoms with E-state index in [-0.39, 0.29) is 0 Å². The highest BCUT2D eigenvalue weighted by atomic mass is 32.1. The molecule has 0 aromatic heterocycles. The number of unbranched alkanes of at least 4 members (excludes halogenated alkanes) is 2. The van der Waals surface area contributed by atoms with Crippen LogP contribution in [0.5, 0.6) is 0 Å². The van der Waals surface area contributed by atoms with Crippen molar-refractivity contribution in [2.75, 3.05) is 13.2 Å². The maximum atomic E-state index is 10.7. The van der Waals surface area contributed by atoms with E-state index >= 15 is 0 Å². The average molecular weight is 462 g/mol. The number of hydrogen-bond donors (Lipinski definition) is 5. The first kappa shape index (κ1) is 23.3. The summed E-state index contributed by atoms with van der Waals surface area (Å²) in [6, 6.07) is 9.91. The summed E-state index contributed by atoms with van der Waals surface area (Å²) < 4.78 is 5.82. The molecule has 1 fully saturated rings. The average Bonchev–Trinajstić information content (AvgIpc) is 3.30. The molecule has 0 amide bonds. The second-order valence-electron chi connectivity index (χ2n) is 8.32. The summed E-state index contributed by atoms with van der Waals surface area (Å²) in [6.07, 6.45) is 0.305. The lowest BCUT2D eigenvalue weighted by Crippen LogP contribution is -2.56. The highest BCUT2D eigenvalue weighted by Gasteiger charge is 2.53. The zero-order valence-corrected chi connectivity index (χ0v) is 19.0. The van der Waals surface area contributed by atoms with Crippen molar-refractivity contribution in [3.63, 3.8) is 0 Å². The third-order valence-corrected chi connectivity index (χ3v) is 6.48. The number of nitrogens with one attached hydrogen (secondary N) is 1. The second-order valence-corrected chi connectivity index (χ2v) is 9.06. The molecule has 0 spiro atoms. The predicted octanol–water partition coefficient (Wildman–Crippen LogP) is 0.555. The zero-order chi connectivity index (χ0) is 22.7. The monoisotopic (exact) mass is 461 g/mol. The molecule has 4 N–H and O–H groups in total. The van der Waals surface area contributed by atoms with Gasteiger partial charge in [0.1, 0.15) is 30.4 Å². The van der Waals surface area contributed by atoms with Crippen LogP contribution >= 0.6 is 12.6 Å². The molecule has 3 heterocycles. The maximum Gasteiger partial charge on any atom is 0.180 e. The minimum atomic E-state index is -1.23. The van der Waals surface area contributed by atoms with Gasteiger partial charge in [-0.05, 0) is 18.5 Å². The Morgan fingerprint density at radius 2 is 1.97 bits per heavy atom. The molecule has 0 radical (unpaired) electrons. The highest BCUT2D eigenvalue weighted by molar-refractivity contribution is 7.83. The number of hydrogen-bond acceptors (Lipinski definition) is 10. The van der Waals surface area contributed by atoms with E-state index in [0.717, 1.165) is 24.8 Å². The van der Waals surface area contributed by atoms with Crippen LogP contribution in [0.1, 0.15) is 31.7 Å². The van der Waals surface area contributed by atoms with Gasteiger partial charge in [-0.3, -0.25) is 10.2 Å². The van der Waals surface area contributed by atoms with E-state index in [9.17, 15) is 15.3 Å². The van der Waals surface area contributed by atoms with Crippen LogP contribution in [-0.2, 0) is 11.2 Å². The molecular formula is C22H31N5O4S. The van der Waals surface area contributed by atoms with E-state index in [0.29, 0.717) is 24.5 Å². The lowest BCUT2D eigenvalue weighted by Gasteiger charge is -2.35. The lowest BCUT2D eigenvalue weighted by atomic mass is 10.00. The van der Waals surface area contributed by atoms with Crippen molar-refractivity contribution in [2.45, 2.75) is 68.3 Å². The quantitative estimate of drug-likeness (QED) is 0.271. The van der Waals surface area contributed by atoms with Crippen LogP contribution in [0.2, 0.25) is 0 Å². The van der Waals surface area contributed by atoms with Crippen molar-refractivity contribution in [1.29, 1.82) is 0 Å². The molecule has 9 nitrogen and oxygen atoms in total. The molecule has 0 saturated carbocycles. The molecule has 174 valence electrons. The fourth-order valence-corrected chi connectivity index (χ4v) is 4.65. The summed E-state index contributed by atoms with van der Waals surface area (Å²) in [4.78, 5) is 14.7. The number of amidine groups is 1. The molecular weight excluding hydrogens is 430 g/mol. The second kappa shape index (κ2) is 9.98. The fourth-order valence-electron chi connectivity index (χ4n) is 4.26. The van der Waals surface area contributed by atoms with Crippen LogP contribution in [0.15, 0.2) is 45.3 Å². The van der Waals surface area contributed by atoms with Gasteiger partial charge in [-0.15, -0.1) is 12.6 Å². The van der Waals surface area contributed by atoms with Crippen LogP contribution < -0.4 is 5.32 Å². The lowest BCUT2D eigenvalue weighted by molar-refractivity contribution is -0.0833. The van der Waals surface area contributed by atoms with Crippen molar-refractivity contribution in [3.05, 3.63) is 35.9 Å². The van der Waals surface area contributed by atoms with Crippen molar-refractivity contribution >= 4 is 30.5 Å². The van der Waals surface area contributed by atoms with Crippen molar-refractivity contribution in [1.82, 2.24) is 10.2 Å².